The highest BCUT2D eigenvalue weighted by molar-refractivity contribution is 7.90. The van der Waals surface area contributed by atoms with Crippen LogP contribution in [0.25, 0.3) is 0 Å². The zero-order valence-electron chi connectivity index (χ0n) is 6.58. The second-order valence-electron chi connectivity index (χ2n) is 2.51. The van der Waals surface area contributed by atoms with E-state index in [-0.39, 0.29) is 20.7 Å². The summed E-state index contributed by atoms with van der Waals surface area (Å²) < 4.78 is 22.1. The van der Waals surface area contributed by atoms with Crippen molar-refractivity contribution in [1.29, 1.82) is 0 Å². The van der Waals surface area contributed by atoms with Crippen molar-refractivity contribution in [1.82, 2.24) is 0 Å². The van der Waals surface area contributed by atoms with Crippen LogP contribution in [0, 0.1) is 0 Å². The zero-order chi connectivity index (χ0) is 10.2. The average Bonchev–Trinajstić information content (AvgIpc) is 1.97. The van der Waals surface area contributed by atoms with E-state index in [0.29, 0.717) is 0 Å². The van der Waals surface area contributed by atoms with E-state index in [2.05, 4.69) is 0 Å². The van der Waals surface area contributed by atoms with Crippen molar-refractivity contribution in [2.24, 2.45) is 0 Å². The monoisotopic (exact) mass is 240 g/mol. The Kier molecular flexibility index (Phi) is 2.75. The lowest BCUT2D eigenvalue weighted by atomic mass is 10.3. The summed E-state index contributed by atoms with van der Waals surface area (Å²) in [6.07, 6.45) is 1.03. The first-order valence-electron chi connectivity index (χ1n) is 3.20. The normalized spacial score (nSPS) is 11.6. The fourth-order valence-electron chi connectivity index (χ4n) is 0.756. The number of aromatic hydroxyl groups is 1. The van der Waals surface area contributed by atoms with Crippen LogP contribution in [0.2, 0.25) is 10.0 Å². The lowest BCUT2D eigenvalue weighted by molar-refractivity contribution is 0.475. The number of rotatable bonds is 1. The maximum Gasteiger partial charge on any atom is 0.175 e. The van der Waals surface area contributed by atoms with Crippen LogP contribution in [0.1, 0.15) is 0 Å². The molecule has 0 amide bonds. The van der Waals surface area contributed by atoms with Gasteiger partial charge in [0.2, 0.25) is 0 Å². The van der Waals surface area contributed by atoms with E-state index in [1.54, 1.807) is 0 Å². The van der Waals surface area contributed by atoms with Crippen LogP contribution in [0.5, 0.6) is 5.75 Å². The molecule has 0 saturated carbocycles. The maximum absolute atomic E-state index is 11.0. The Bertz CT molecular complexity index is 416. The Hall–Kier alpha value is -0.450. The minimum absolute atomic E-state index is 0.0136. The highest BCUT2D eigenvalue weighted by Crippen LogP contribution is 2.33. The number of halogens is 2. The molecule has 0 aliphatic carbocycles. The molecule has 1 aromatic rings. The van der Waals surface area contributed by atoms with Crippen LogP contribution in [-0.4, -0.2) is 19.8 Å². The van der Waals surface area contributed by atoms with Gasteiger partial charge in [-0.25, -0.2) is 8.42 Å². The lowest BCUT2D eigenvalue weighted by Crippen LogP contribution is -1.96. The quantitative estimate of drug-likeness (QED) is 0.819. The smallest absolute Gasteiger partial charge is 0.175 e. The molecule has 0 aromatic heterocycles. The number of hydrogen-bond donors (Lipinski definition) is 1. The van der Waals surface area contributed by atoms with Crippen LogP contribution >= 0.6 is 23.2 Å². The van der Waals surface area contributed by atoms with E-state index in [1.807, 2.05) is 0 Å². The van der Waals surface area contributed by atoms with Crippen LogP contribution in [0.15, 0.2) is 17.0 Å². The van der Waals surface area contributed by atoms with Gasteiger partial charge in [0.05, 0.1) is 14.9 Å². The molecule has 0 heterocycles. The molecule has 0 saturated heterocycles. The summed E-state index contributed by atoms with van der Waals surface area (Å²) >= 11 is 11.1. The number of benzene rings is 1. The van der Waals surface area contributed by atoms with Crippen LogP contribution < -0.4 is 0 Å². The second kappa shape index (κ2) is 3.36. The minimum atomic E-state index is -3.34. The molecule has 0 unspecified atom stereocenters. The topological polar surface area (TPSA) is 54.4 Å². The van der Waals surface area contributed by atoms with Crippen molar-refractivity contribution in [3.05, 3.63) is 22.2 Å². The van der Waals surface area contributed by atoms with Crippen molar-refractivity contribution in [3.8, 4) is 5.75 Å². The molecule has 0 radical (unpaired) electrons. The molecule has 0 aliphatic heterocycles. The van der Waals surface area contributed by atoms with E-state index >= 15 is 0 Å². The van der Waals surface area contributed by atoms with E-state index in [4.69, 9.17) is 28.3 Å². The molecule has 0 atom stereocenters. The molecule has 0 fully saturated rings. The van der Waals surface area contributed by atoms with Gasteiger partial charge in [-0.1, -0.05) is 23.2 Å². The van der Waals surface area contributed by atoms with Crippen LogP contribution in [-0.2, 0) is 9.84 Å². The van der Waals surface area contributed by atoms with E-state index in [1.165, 1.54) is 0 Å². The van der Waals surface area contributed by atoms with E-state index in [0.717, 1.165) is 18.4 Å². The standard InChI is InChI=1S/C7H6Cl2O3S/c1-13(11,12)4-2-5(8)7(10)6(9)3-4/h2-3,10H,1H3. The van der Waals surface area contributed by atoms with Gasteiger partial charge in [-0.3, -0.25) is 0 Å². The third-order valence-electron chi connectivity index (χ3n) is 1.42. The molecule has 1 N–H and O–H groups in total. The molecule has 3 nitrogen and oxygen atoms in total. The summed E-state index contributed by atoms with van der Waals surface area (Å²) in [4.78, 5) is -0.0136. The number of sulfone groups is 1. The lowest BCUT2D eigenvalue weighted by Gasteiger charge is -2.02. The third-order valence-corrected chi connectivity index (χ3v) is 3.09. The molecule has 1 rings (SSSR count). The summed E-state index contributed by atoms with van der Waals surface area (Å²) in [5.74, 6) is -0.310. The fourth-order valence-corrected chi connectivity index (χ4v) is 2.04. The molecule has 72 valence electrons. The van der Waals surface area contributed by atoms with Gasteiger partial charge in [0.25, 0.3) is 0 Å². The number of phenolic OH excluding ortho intramolecular Hbond substituents is 1. The molecule has 13 heavy (non-hydrogen) atoms. The predicted octanol–water partition coefficient (Wildman–Crippen LogP) is 2.10. The molecular weight excluding hydrogens is 235 g/mol. The van der Waals surface area contributed by atoms with Gasteiger partial charge >= 0.3 is 0 Å². The molecule has 0 bridgehead atoms. The van der Waals surface area contributed by atoms with Crippen molar-refractivity contribution in [2.75, 3.05) is 6.26 Å². The van der Waals surface area contributed by atoms with E-state index in [9.17, 15) is 8.42 Å². The third kappa shape index (κ3) is 2.27. The summed E-state index contributed by atoms with van der Waals surface area (Å²) in [5, 5.41) is 8.99. The molecule has 1 aromatic carbocycles. The Morgan fingerprint density at radius 2 is 1.62 bits per heavy atom. The van der Waals surface area contributed by atoms with Crippen LogP contribution in [0.3, 0.4) is 0 Å². The Balaban J connectivity index is 3.47. The van der Waals surface area contributed by atoms with Gasteiger partial charge in [0.1, 0.15) is 0 Å². The zero-order valence-corrected chi connectivity index (χ0v) is 8.91. The second-order valence-corrected chi connectivity index (χ2v) is 5.34. The first-order chi connectivity index (χ1) is 5.82. The fraction of sp³-hybridized carbons (Fsp3) is 0.143. The van der Waals surface area contributed by atoms with E-state index < -0.39 is 9.84 Å². The van der Waals surface area contributed by atoms with Crippen molar-refractivity contribution >= 4 is 33.0 Å². The van der Waals surface area contributed by atoms with Gasteiger partial charge in [0.15, 0.2) is 15.6 Å². The van der Waals surface area contributed by atoms with Crippen molar-refractivity contribution < 1.29 is 13.5 Å². The van der Waals surface area contributed by atoms with Gasteiger partial charge < -0.3 is 5.11 Å². The minimum Gasteiger partial charge on any atom is -0.505 e. The van der Waals surface area contributed by atoms with Gasteiger partial charge in [0, 0.05) is 6.26 Å². The molecule has 0 spiro atoms. The van der Waals surface area contributed by atoms with Crippen molar-refractivity contribution in [2.45, 2.75) is 4.90 Å². The van der Waals surface area contributed by atoms with Gasteiger partial charge in [-0.05, 0) is 12.1 Å². The molecule has 0 aliphatic rings. The van der Waals surface area contributed by atoms with Gasteiger partial charge in [-0.15, -0.1) is 0 Å². The SMILES string of the molecule is CS(=O)(=O)c1cc(Cl)c(O)c(Cl)c1. The summed E-state index contributed by atoms with van der Waals surface area (Å²) in [5.41, 5.74) is 0. The first kappa shape index (κ1) is 10.6. The largest absolute Gasteiger partial charge is 0.505 e. The Morgan fingerprint density at radius 3 is 1.92 bits per heavy atom. The highest BCUT2D eigenvalue weighted by atomic mass is 35.5. The predicted molar refractivity (Wildman–Crippen MR) is 51.2 cm³/mol. The average molecular weight is 241 g/mol. The molecule has 6 heteroatoms. The Labute approximate surface area is 85.8 Å². The summed E-state index contributed by atoms with van der Waals surface area (Å²) in [7, 11) is -3.34. The molecular formula is C7H6Cl2O3S. The maximum atomic E-state index is 11.0. The first-order valence-corrected chi connectivity index (χ1v) is 5.85. The van der Waals surface area contributed by atoms with Crippen molar-refractivity contribution in [3.63, 3.8) is 0 Å². The highest BCUT2D eigenvalue weighted by Gasteiger charge is 2.13. The Morgan fingerprint density at radius 1 is 1.23 bits per heavy atom. The summed E-state index contributed by atoms with van der Waals surface area (Å²) in [6, 6.07) is 2.30. The van der Waals surface area contributed by atoms with Gasteiger partial charge in [-0.2, -0.15) is 0 Å². The van der Waals surface area contributed by atoms with Crippen LogP contribution in [0.4, 0.5) is 0 Å². The number of hydrogen-bond acceptors (Lipinski definition) is 3. The number of phenols is 1. The summed E-state index contributed by atoms with van der Waals surface area (Å²) in [6.45, 7) is 0.